The minimum absolute atomic E-state index is 0.0537. The van der Waals surface area contributed by atoms with Gasteiger partial charge in [0.05, 0.1) is 23.9 Å². The normalized spacial score (nSPS) is 17.7. The Bertz CT molecular complexity index is 741. The molecule has 1 saturated heterocycles. The topological polar surface area (TPSA) is 58.4 Å². The molecule has 0 bridgehead atoms. The Hall–Kier alpha value is -1.85. The number of aliphatic hydroxyl groups excluding tert-OH is 1. The molecule has 2 heterocycles. The summed E-state index contributed by atoms with van der Waals surface area (Å²) >= 11 is 6.21. The molecule has 23 heavy (non-hydrogen) atoms. The lowest BCUT2D eigenvalue weighted by Crippen LogP contribution is -2.30. The number of hydrogen-bond acceptors (Lipinski definition) is 3. The van der Waals surface area contributed by atoms with Crippen molar-refractivity contribution in [3.63, 3.8) is 0 Å². The lowest BCUT2D eigenvalue weighted by molar-refractivity contribution is 0.0763. The second-order valence-electron chi connectivity index (χ2n) is 5.99. The third-order valence-electron chi connectivity index (χ3n) is 4.32. The van der Waals surface area contributed by atoms with Crippen LogP contribution in [0, 0.1) is 13.8 Å². The Kier molecular flexibility index (Phi) is 4.41. The number of benzene rings is 1. The summed E-state index contributed by atoms with van der Waals surface area (Å²) in [5, 5.41) is 14.8. The molecule has 5 nitrogen and oxygen atoms in total. The van der Waals surface area contributed by atoms with Crippen LogP contribution in [0.15, 0.2) is 24.3 Å². The average Bonchev–Trinajstić information content (AvgIpc) is 3.05. The van der Waals surface area contributed by atoms with Crippen molar-refractivity contribution in [2.75, 3.05) is 13.1 Å². The number of rotatable bonds is 3. The minimum Gasteiger partial charge on any atom is -0.391 e. The van der Waals surface area contributed by atoms with Gasteiger partial charge in [-0.3, -0.25) is 9.48 Å². The van der Waals surface area contributed by atoms with Gasteiger partial charge in [0, 0.05) is 23.8 Å². The number of aromatic nitrogens is 2. The van der Waals surface area contributed by atoms with Gasteiger partial charge in [-0.1, -0.05) is 29.8 Å². The van der Waals surface area contributed by atoms with Gasteiger partial charge in [0.1, 0.15) is 0 Å². The molecule has 2 aromatic rings. The molecule has 1 aliphatic heterocycles. The smallest absolute Gasteiger partial charge is 0.257 e. The van der Waals surface area contributed by atoms with E-state index in [4.69, 9.17) is 11.6 Å². The van der Waals surface area contributed by atoms with Crippen LogP contribution < -0.4 is 0 Å². The lowest BCUT2D eigenvalue weighted by atomic mass is 10.1. The first-order chi connectivity index (χ1) is 11.0. The highest BCUT2D eigenvalue weighted by Gasteiger charge is 2.29. The summed E-state index contributed by atoms with van der Waals surface area (Å²) in [4.78, 5) is 14.4. The molecule has 1 N–H and O–H groups in total. The molecular formula is C17H20ClN3O2. The van der Waals surface area contributed by atoms with Crippen molar-refractivity contribution in [2.24, 2.45) is 0 Å². The Labute approximate surface area is 140 Å². The van der Waals surface area contributed by atoms with Crippen molar-refractivity contribution >= 4 is 17.5 Å². The molecule has 1 amide bonds. The summed E-state index contributed by atoms with van der Waals surface area (Å²) in [6.45, 7) is 5.26. The maximum Gasteiger partial charge on any atom is 0.257 e. The summed E-state index contributed by atoms with van der Waals surface area (Å²) in [6.07, 6.45) is 0.218. The monoisotopic (exact) mass is 333 g/mol. The Balaban J connectivity index is 1.88. The van der Waals surface area contributed by atoms with Gasteiger partial charge >= 0.3 is 0 Å². The largest absolute Gasteiger partial charge is 0.391 e. The quantitative estimate of drug-likeness (QED) is 0.938. The summed E-state index contributed by atoms with van der Waals surface area (Å²) in [7, 11) is 0. The zero-order chi connectivity index (χ0) is 16.6. The molecule has 0 spiro atoms. The average molecular weight is 334 g/mol. The zero-order valence-corrected chi connectivity index (χ0v) is 14.0. The SMILES string of the molecule is Cc1nn(Cc2ccccc2Cl)c(C)c1C(=O)N1CC[C@@H](O)C1. The highest BCUT2D eigenvalue weighted by molar-refractivity contribution is 6.31. The van der Waals surface area contributed by atoms with Gasteiger partial charge in [-0.25, -0.2) is 0 Å². The molecular weight excluding hydrogens is 314 g/mol. The number of aliphatic hydroxyl groups is 1. The number of carbonyl (C=O) groups excluding carboxylic acids is 1. The molecule has 1 aromatic heterocycles. The molecule has 6 heteroatoms. The van der Waals surface area contributed by atoms with Crippen molar-refractivity contribution in [3.8, 4) is 0 Å². The van der Waals surface area contributed by atoms with E-state index in [0.717, 1.165) is 11.3 Å². The Morgan fingerprint density at radius 3 is 2.78 bits per heavy atom. The Morgan fingerprint density at radius 2 is 2.13 bits per heavy atom. The van der Waals surface area contributed by atoms with Gasteiger partial charge in [0.2, 0.25) is 0 Å². The first-order valence-corrected chi connectivity index (χ1v) is 8.10. The zero-order valence-electron chi connectivity index (χ0n) is 13.3. The van der Waals surface area contributed by atoms with Gasteiger partial charge < -0.3 is 10.0 Å². The van der Waals surface area contributed by atoms with Gasteiger partial charge in [0.15, 0.2) is 0 Å². The first-order valence-electron chi connectivity index (χ1n) is 7.72. The predicted molar refractivity (Wildman–Crippen MR) is 88.8 cm³/mol. The Morgan fingerprint density at radius 1 is 1.39 bits per heavy atom. The lowest BCUT2D eigenvalue weighted by Gasteiger charge is -2.15. The molecule has 1 fully saturated rings. The number of amides is 1. The van der Waals surface area contributed by atoms with Crippen LogP contribution in [0.2, 0.25) is 5.02 Å². The summed E-state index contributed by atoms with van der Waals surface area (Å²) < 4.78 is 1.82. The van der Waals surface area contributed by atoms with E-state index in [9.17, 15) is 9.90 Å². The number of hydrogen-bond donors (Lipinski definition) is 1. The van der Waals surface area contributed by atoms with Gasteiger partial charge in [-0.2, -0.15) is 5.10 Å². The number of β-amino-alcohol motifs (C(OH)–C–C–N with tert-alkyl or cyclic N) is 1. The first kappa shape index (κ1) is 16.0. The van der Waals surface area contributed by atoms with Crippen LogP contribution in [0.3, 0.4) is 0 Å². The van der Waals surface area contributed by atoms with E-state index in [1.807, 2.05) is 42.8 Å². The van der Waals surface area contributed by atoms with Crippen molar-refractivity contribution in [3.05, 3.63) is 51.8 Å². The van der Waals surface area contributed by atoms with Crippen LogP contribution in [0.1, 0.15) is 33.7 Å². The molecule has 0 aliphatic carbocycles. The molecule has 1 atom stereocenters. The highest BCUT2D eigenvalue weighted by Crippen LogP contribution is 2.22. The van der Waals surface area contributed by atoms with Crippen LogP contribution in [0.5, 0.6) is 0 Å². The predicted octanol–water partition coefficient (Wildman–Crippen LogP) is 2.41. The maximum absolute atomic E-state index is 12.7. The molecule has 122 valence electrons. The number of nitrogens with zero attached hydrogens (tertiary/aromatic N) is 3. The summed E-state index contributed by atoms with van der Waals surface area (Å²) in [5.74, 6) is -0.0537. The highest BCUT2D eigenvalue weighted by atomic mass is 35.5. The number of halogens is 1. The van der Waals surface area contributed by atoms with Gasteiger partial charge in [-0.05, 0) is 31.9 Å². The van der Waals surface area contributed by atoms with Gasteiger partial charge in [0.25, 0.3) is 5.91 Å². The standard InChI is InChI=1S/C17H20ClN3O2/c1-11-16(17(23)20-8-7-14(22)10-20)12(2)21(19-11)9-13-5-3-4-6-15(13)18/h3-6,14,22H,7-10H2,1-2H3/t14-/m1/s1. The summed E-state index contributed by atoms with van der Waals surface area (Å²) in [5.41, 5.74) is 3.14. The summed E-state index contributed by atoms with van der Waals surface area (Å²) in [6, 6.07) is 7.63. The van der Waals surface area contributed by atoms with Gasteiger partial charge in [-0.15, -0.1) is 0 Å². The maximum atomic E-state index is 12.7. The van der Waals surface area contributed by atoms with E-state index in [2.05, 4.69) is 5.10 Å². The molecule has 0 radical (unpaired) electrons. The van der Waals surface area contributed by atoms with E-state index in [0.29, 0.717) is 42.3 Å². The van der Waals surface area contributed by atoms with Crippen molar-refractivity contribution < 1.29 is 9.90 Å². The number of carbonyl (C=O) groups is 1. The fourth-order valence-corrected chi connectivity index (χ4v) is 3.23. The number of likely N-dealkylation sites (tertiary alicyclic amines) is 1. The molecule has 0 unspecified atom stereocenters. The van der Waals surface area contributed by atoms with Crippen LogP contribution in [0.25, 0.3) is 0 Å². The molecule has 0 saturated carbocycles. The fraction of sp³-hybridized carbons (Fsp3) is 0.412. The van der Waals surface area contributed by atoms with Crippen LogP contribution in [-0.2, 0) is 6.54 Å². The second-order valence-corrected chi connectivity index (χ2v) is 6.40. The van der Waals surface area contributed by atoms with Crippen LogP contribution >= 0.6 is 11.6 Å². The van der Waals surface area contributed by atoms with E-state index in [1.54, 1.807) is 4.90 Å². The van der Waals surface area contributed by atoms with E-state index >= 15 is 0 Å². The minimum atomic E-state index is -0.419. The molecule has 3 rings (SSSR count). The van der Waals surface area contributed by atoms with Crippen LogP contribution in [0.4, 0.5) is 0 Å². The van der Waals surface area contributed by atoms with Crippen molar-refractivity contribution in [2.45, 2.75) is 32.9 Å². The molecule has 1 aromatic carbocycles. The third-order valence-corrected chi connectivity index (χ3v) is 4.69. The van der Waals surface area contributed by atoms with E-state index < -0.39 is 6.10 Å². The molecule has 1 aliphatic rings. The van der Waals surface area contributed by atoms with E-state index in [1.165, 1.54) is 0 Å². The van der Waals surface area contributed by atoms with E-state index in [-0.39, 0.29) is 5.91 Å². The number of aryl methyl sites for hydroxylation is 1. The van der Waals surface area contributed by atoms with Crippen LogP contribution in [-0.4, -0.2) is 44.9 Å². The third kappa shape index (κ3) is 3.12. The van der Waals surface area contributed by atoms with Crippen molar-refractivity contribution in [1.29, 1.82) is 0 Å². The van der Waals surface area contributed by atoms with Crippen molar-refractivity contribution in [1.82, 2.24) is 14.7 Å². The fourth-order valence-electron chi connectivity index (χ4n) is 3.03. The second kappa shape index (κ2) is 6.34.